The molecule has 1 aliphatic rings. The predicted octanol–water partition coefficient (Wildman–Crippen LogP) is 4.83. The van der Waals surface area contributed by atoms with Crippen molar-refractivity contribution in [3.05, 3.63) is 99.5 Å². The van der Waals surface area contributed by atoms with Crippen molar-refractivity contribution in [2.75, 3.05) is 43.9 Å². The van der Waals surface area contributed by atoms with Crippen LogP contribution in [0, 0.1) is 6.92 Å². The lowest BCUT2D eigenvalue weighted by Crippen LogP contribution is -2.47. The summed E-state index contributed by atoms with van der Waals surface area (Å²) in [4.78, 5) is 47.4. The minimum absolute atomic E-state index is 0.000438. The van der Waals surface area contributed by atoms with E-state index in [1.54, 1.807) is 25.2 Å². The molecule has 0 radical (unpaired) electrons. The quantitative estimate of drug-likeness (QED) is 0.329. The smallest absolute Gasteiger partial charge is 0.290 e. The second-order valence-corrected chi connectivity index (χ2v) is 12.3. The summed E-state index contributed by atoms with van der Waals surface area (Å²) < 4.78 is 1.27. The first-order valence-electron chi connectivity index (χ1n) is 14.7. The summed E-state index contributed by atoms with van der Waals surface area (Å²) >= 11 is 0. The van der Waals surface area contributed by atoms with E-state index in [-0.39, 0.29) is 28.5 Å². The average molecular weight is 594 g/mol. The standard InChI is InChI=1S/C34H39N7O3/c1-22-26(8-7-9-27(22)37-31(42)23-10-13-25(14-11-23)34(2,3)4)28-20-29(33(44)40(6)38-28)36-30-15-12-24(21-35-30)32(43)41-18-16-39(5)17-19-41/h7-15,20-21H,16-19H2,1-6H3,(H,35,36)(H,37,42). The number of carbonyl (C=O) groups is 2. The highest BCUT2D eigenvalue weighted by Gasteiger charge is 2.21. The number of likely N-dealkylation sites (N-methyl/N-ethyl adjacent to an activating group) is 1. The van der Waals surface area contributed by atoms with Crippen molar-refractivity contribution in [1.82, 2.24) is 24.6 Å². The number of hydrogen-bond acceptors (Lipinski definition) is 7. The fourth-order valence-electron chi connectivity index (χ4n) is 5.12. The van der Waals surface area contributed by atoms with E-state index in [2.05, 4.69) is 46.4 Å². The Kier molecular flexibility index (Phi) is 8.64. The molecule has 0 spiro atoms. The van der Waals surface area contributed by atoms with Gasteiger partial charge in [-0.2, -0.15) is 5.10 Å². The molecule has 228 valence electrons. The second-order valence-electron chi connectivity index (χ2n) is 12.3. The van der Waals surface area contributed by atoms with Crippen LogP contribution in [0.2, 0.25) is 0 Å². The summed E-state index contributed by atoms with van der Waals surface area (Å²) in [6, 6.07) is 18.3. The van der Waals surface area contributed by atoms with Crippen LogP contribution in [0.3, 0.4) is 0 Å². The molecule has 2 aromatic carbocycles. The monoisotopic (exact) mass is 593 g/mol. The Morgan fingerprint density at radius 1 is 0.864 bits per heavy atom. The van der Waals surface area contributed by atoms with Crippen LogP contribution >= 0.6 is 0 Å². The molecule has 2 amide bonds. The molecule has 44 heavy (non-hydrogen) atoms. The van der Waals surface area contributed by atoms with Crippen molar-refractivity contribution in [2.24, 2.45) is 7.05 Å². The van der Waals surface area contributed by atoms with Crippen LogP contribution in [0.25, 0.3) is 11.3 Å². The Morgan fingerprint density at radius 3 is 2.18 bits per heavy atom. The summed E-state index contributed by atoms with van der Waals surface area (Å²) in [5, 5.41) is 10.6. The molecule has 5 rings (SSSR count). The minimum Gasteiger partial charge on any atom is -0.336 e. The Balaban J connectivity index is 1.34. The van der Waals surface area contributed by atoms with E-state index in [9.17, 15) is 14.4 Å². The summed E-state index contributed by atoms with van der Waals surface area (Å²) in [6.45, 7) is 11.4. The maximum absolute atomic E-state index is 13.1. The van der Waals surface area contributed by atoms with Gasteiger partial charge in [-0.25, -0.2) is 9.67 Å². The lowest BCUT2D eigenvalue weighted by Gasteiger charge is -2.32. The van der Waals surface area contributed by atoms with Gasteiger partial charge in [0, 0.05) is 56.2 Å². The summed E-state index contributed by atoms with van der Waals surface area (Å²) in [7, 11) is 3.63. The lowest BCUT2D eigenvalue weighted by molar-refractivity contribution is 0.0663. The van der Waals surface area contributed by atoms with E-state index >= 15 is 0 Å². The first-order valence-corrected chi connectivity index (χ1v) is 14.7. The van der Waals surface area contributed by atoms with Crippen LogP contribution in [0.1, 0.15) is 52.6 Å². The first kappa shape index (κ1) is 30.6. The number of pyridine rings is 1. The number of carbonyl (C=O) groups excluding carboxylic acids is 2. The third-order valence-electron chi connectivity index (χ3n) is 8.00. The van der Waals surface area contributed by atoms with E-state index in [4.69, 9.17) is 0 Å². The molecule has 0 atom stereocenters. The Labute approximate surface area is 257 Å². The largest absolute Gasteiger partial charge is 0.336 e. The van der Waals surface area contributed by atoms with Gasteiger partial charge in [-0.1, -0.05) is 45.0 Å². The molecule has 0 unspecified atom stereocenters. The molecule has 10 nitrogen and oxygen atoms in total. The Morgan fingerprint density at radius 2 is 1.55 bits per heavy atom. The molecule has 1 aliphatic heterocycles. The number of anilines is 3. The van der Waals surface area contributed by atoms with Gasteiger partial charge in [-0.05, 0) is 66.9 Å². The van der Waals surface area contributed by atoms with E-state index < -0.39 is 0 Å². The molecule has 10 heteroatoms. The van der Waals surface area contributed by atoms with Crippen molar-refractivity contribution < 1.29 is 9.59 Å². The maximum Gasteiger partial charge on any atom is 0.290 e. The van der Waals surface area contributed by atoms with E-state index in [1.807, 2.05) is 61.3 Å². The fraction of sp³-hybridized carbons (Fsp3) is 0.324. The van der Waals surface area contributed by atoms with Crippen LogP contribution in [-0.4, -0.2) is 69.6 Å². The zero-order valence-corrected chi connectivity index (χ0v) is 26.1. The van der Waals surface area contributed by atoms with Crippen molar-refractivity contribution >= 4 is 29.0 Å². The van der Waals surface area contributed by atoms with E-state index in [1.165, 1.54) is 10.9 Å². The van der Waals surface area contributed by atoms with Gasteiger partial charge < -0.3 is 20.4 Å². The van der Waals surface area contributed by atoms with Crippen molar-refractivity contribution in [2.45, 2.75) is 33.1 Å². The Hall–Kier alpha value is -4.83. The summed E-state index contributed by atoms with van der Waals surface area (Å²) in [6.07, 6.45) is 1.53. The van der Waals surface area contributed by atoms with Crippen molar-refractivity contribution in [1.29, 1.82) is 0 Å². The number of hydrogen-bond donors (Lipinski definition) is 2. The van der Waals surface area contributed by atoms with Gasteiger partial charge in [0.1, 0.15) is 11.5 Å². The van der Waals surface area contributed by atoms with Gasteiger partial charge in [-0.3, -0.25) is 14.4 Å². The molecule has 3 heterocycles. The highest BCUT2D eigenvalue weighted by atomic mass is 16.2. The van der Waals surface area contributed by atoms with Gasteiger partial charge in [0.2, 0.25) is 0 Å². The van der Waals surface area contributed by atoms with Crippen LogP contribution < -0.4 is 16.2 Å². The number of benzene rings is 2. The predicted molar refractivity (Wildman–Crippen MR) is 174 cm³/mol. The van der Waals surface area contributed by atoms with Crippen molar-refractivity contribution in [3.8, 4) is 11.3 Å². The molecular formula is C34H39N7O3. The normalized spacial score (nSPS) is 13.9. The summed E-state index contributed by atoms with van der Waals surface area (Å²) in [5.74, 6) is 0.176. The number of aromatic nitrogens is 3. The van der Waals surface area contributed by atoms with Crippen LogP contribution in [0.4, 0.5) is 17.2 Å². The highest BCUT2D eigenvalue weighted by Crippen LogP contribution is 2.29. The van der Waals surface area contributed by atoms with Crippen LogP contribution in [0.15, 0.2) is 71.7 Å². The third-order valence-corrected chi connectivity index (χ3v) is 8.00. The molecule has 1 fully saturated rings. The maximum atomic E-state index is 13.1. The number of piperazine rings is 1. The molecule has 1 saturated heterocycles. The van der Waals surface area contributed by atoms with Gasteiger partial charge in [0.15, 0.2) is 0 Å². The molecule has 2 N–H and O–H groups in total. The zero-order valence-electron chi connectivity index (χ0n) is 26.1. The minimum atomic E-state index is -0.325. The van der Waals surface area contributed by atoms with Crippen LogP contribution in [-0.2, 0) is 12.5 Å². The van der Waals surface area contributed by atoms with E-state index in [0.29, 0.717) is 41.4 Å². The molecule has 0 aliphatic carbocycles. The van der Waals surface area contributed by atoms with Gasteiger partial charge in [0.25, 0.3) is 17.4 Å². The van der Waals surface area contributed by atoms with Crippen LogP contribution in [0.5, 0.6) is 0 Å². The first-order chi connectivity index (χ1) is 20.9. The molecule has 4 aromatic rings. The van der Waals surface area contributed by atoms with E-state index in [0.717, 1.165) is 29.8 Å². The second kappa shape index (κ2) is 12.4. The molecule has 0 saturated carbocycles. The Bertz CT molecular complexity index is 1730. The third kappa shape index (κ3) is 6.70. The number of amides is 2. The number of aryl methyl sites for hydroxylation is 1. The summed E-state index contributed by atoms with van der Waals surface area (Å²) in [5.41, 5.74) is 4.98. The number of rotatable bonds is 6. The van der Waals surface area contributed by atoms with Gasteiger partial charge in [0.05, 0.1) is 11.3 Å². The van der Waals surface area contributed by atoms with Gasteiger partial charge >= 0.3 is 0 Å². The SMILES string of the molecule is Cc1c(NC(=O)c2ccc(C(C)(C)C)cc2)cccc1-c1cc(Nc2ccc(C(=O)N3CCN(C)CC3)cn2)c(=O)n(C)n1. The highest BCUT2D eigenvalue weighted by molar-refractivity contribution is 6.05. The fourth-order valence-corrected chi connectivity index (χ4v) is 5.12. The topological polar surface area (TPSA) is 112 Å². The number of nitrogens with one attached hydrogen (secondary N) is 2. The number of nitrogens with zero attached hydrogens (tertiary/aromatic N) is 5. The lowest BCUT2D eigenvalue weighted by atomic mass is 9.86. The zero-order chi connectivity index (χ0) is 31.6. The van der Waals surface area contributed by atoms with Crippen molar-refractivity contribution in [3.63, 3.8) is 0 Å². The average Bonchev–Trinajstić information content (AvgIpc) is 3.00. The molecular weight excluding hydrogens is 554 g/mol. The van der Waals surface area contributed by atoms with Gasteiger partial charge in [-0.15, -0.1) is 0 Å². The molecule has 2 aromatic heterocycles. The molecule has 0 bridgehead atoms.